The molecule has 1 aromatic heterocycles. The zero-order valence-corrected chi connectivity index (χ0v) is 17.3. The van der Waals surface area contributed by atoms with Gasteiger partial charge in [-0.2, -0.15) is 0 Å². The molecule has 4 aliphatic rings. The lowest BCUT2D eigenvalue weighted by Gasteiger charge is -2.32. The predicted octanol–water partition coefficient (Wildman–Crippen LogP) is 1.48. The van der Waals surface area contributed by atoms with Crippen LogP contribution in [0.25, 0.3) is 0 Å². The van der Waals surface area contributed by atoms with Crippen LogP contribution in [0.15, 0.2) is 35.5 Å². The largest absolute Gasteiger partial charge is 0.381 e. The van der Waals surface area contributed by atoms with Crippen molar-refractivity contribution in [3.8, 4) is 0 Å². The number of carbonyl (C=O) groups is 1. The summed E-state index contributed by atoms with van der Waals surface area (Å²) in [5.74, 6) is 3.22. The first-order chi connectivity index (χ1) is 14.7. The Balaban J connectivity index is 1.31. The summed E-state index contributed by atoms with van der Waals surface area (Å²) in [6.07, 6.45) is 8.56. The van der Waals surface area contributed by atoms with E-state index in [1.165, 1.54) is 0 Å². The summed E-state index contributed by atoms with van der Waals surface area (Å²) in [5, 5.41) is 6.55. The van der Waals surface area contributed by atoms with Crippen molar-refractivity contribution >= 4 is 11.9 Å². The molecule has 0 radical (unpaired) electrons. The van der Waals surface area contributed by atoms with E-state index in [0.29, 0.717) is 18.6 Å². The van der Waals surface area contributed by atoms with Crippen LogP contribution in [0.4, 0.5) is 4.79 Å². The van der Waals surface area contributed by atoms with E-state index < -0.39 is 0 Å². The Bertz CT molecular complexity index is 837. The third-order valence-corrected chi connectivity index (χ3v) is 6.61. The van der Waals surface area contributed by atoms with Crippen LogP contribution < -0.4 is 10.6 Å². The molecule has 0 saturated carbocycles. The predicted molar refractivity (Wildman–Crippen MR) is 111 cm³/mol. The Morgan fingerprint density at radius 2 is 2.03 bits per heavy atom. The smallest absolute Gasteiger partial charge is 0.329 e. The zero-order chi connectivity index (χ0) is 20.5. The molecule has 1 aromatic rings. The van der Waals surface area contributed by atoms with E-state index in [1.54, 1.807) is 17.3 Å². The molecule has 4 aliphatic heterocycles. The first-order valence-electron chi connectivity index (χ1n) is 10.9. The normalized spacial score (nSPS) is 28.1. The maximum Gasteiger partial charge on any atom is 0.329 e. The minimum Gasteiger partial charge on any atom is -0.381 e. The third kappa shape index (κ3) is 3.79. The molecule has 5 heterocycles. The molecule has 3 unspecified atom stereocenters. The van der Waals surface area contributed by atoms with E-state index in [0.717, 1.165) is 63.0 Å². The molecule has 9 heteroatoms. The Morgan fingerprint density at radius 3 is 2.83 bits per heavy atom. The van der Waals surface area contributed by atoms with Gasteiger partial charge in [0, 0.05) is 56.2 Å². The molecule has 0 aromatic carbocycles. The van der Waals surface area contributed by atoms with Crippen LogP contribution in [-0.4, -0.2) is 70.6 Å². The number of carbonyl (C=O) groups excluding carboxylic acids is 1. The van der Waals surface area contributed by atoms with E-state index in [1.807, 2.05) is 12.3 Å². The molecule has 0 bridgehead atoms. The summed E-state index contributed by atoms with van der Waals surface area (Å²) in [6.45, 7) is 6.03. The third-order valence-electron chi connectivity index (χ3n) is 6.61. The summed E-state index contributed by atoms with van der Waals surface area (Å²) in [5.41, 5.74) is 0. The molecule has 160 valence electrons. The summed E-state index contributed by atoms with van der Waals surface area (Å²) in [4.78, 5) is 30.5. The van der Waals surface area contributed by atoms with Crippen LogP contribution in [0, 0.1) is 11.8 Å². The van der Waals surface area contributed by atoms with Gasteiger partial charge in [-0.15, -0.1) is 0 Å². The van der Waals surface area contributed by atoms with Crippen LogP contribution >= 0.6 is 0 Å². The van der Waals surface area contributed by atoms with Gasteiger partial charge in [0.2, 0.25) is 0 Å². The first-order valence-corrected chi connectivity index (χ1v) is 10.9. The molecule has 30 heavy (non-hydrogen) atoms. The first kappa shape index (κ1) is 19.4. The van der Waals surface area contributed by atoms with Crippen molar-refractivity contribution in [1.82, 2.24) is 30.4 Å². The number of hydrogen-bond acceptors (Lipinski definition) is 7. The molecule has 2 saturated heterocycles. The van der Waals surface area contributed by atoms with Crippen molar-refractivity contribution < 1.29 is 9.53 Å². The summed E-state index contributed by atoms with van der Waals surface area (Å²) in [7, 11) is 0. The summed E-state index contributed by atoms with van der Waals surface area (Å²) < 4.78 is 5.48. The van der Waals surface area contributed by atoms with E-state index in [4.69, 9.17) is 9.73 Å². The van der Waals surface area contributed by atoms with Crippen molar-refractivity contribution in [1.29, 1.82) is 0 Å². The highest BCUT2D eigenvalue weighted by Gasteiger charge is 2.39. The van der Waals surface area contributed by atoms with Crippen LogP contribution in [0.3, 0.4) is 0 Å². The molecule has 0 aliphatic carbocycles. The quantitative estimate of drug-likeness (QED) is 0.762. The highest BCUT2D eigenvalue weighted by Crippen LogP contribution is 2.32. The highest BCUT2D eigenvalue weighted by molar-refractivity contribution is 6.02. The Hall–Kier alpha value is -2.52. The molecular weight excluding hydrogens is 382 g/mol. The van der Waals surface area contributed by atoms with Gasteiger partial charge >= 0.3 is 6.03 Å². The zero-order valence-electron chi connectivity index (χ0n) is 17.3. The Kier molecular flexibility index (Phi) is 5.39. The number of nitrogens with one attached hydrogen (secondary N) is 2. The lowest BCUT2D eigenvalue weighted by molar-refractivity contribution is 0.0459. The maximum atomic E-state index is 12.8. The summed E-state index contributed by atoms with van der Waals surface area (Å²) >= 11 is 0. The fourth-order valence-electron chi connectivity index (χ4n) is 4.92. The van der Waals surface area contributed by atoms with Crippen molar-refractivity contribution in [2.45, 2.75) is 38.1 Å². The van der Waals surface area contributed by atoms with Crippen LogP contribution in [0.1, 0.15) is 37.9 Å². The minimum atomic E-state index is -0.0779. The number of ether oxygens (including phenoxy) is 1. The second-order valence-corrected chi connectivity index (χ2v) is 8.61. The maximum absolute atomic E-state index is 12.8. The molecular formula is C21H29N7O2. The number of rotatable bonds is 5. The molecule has 2 amide bonds. The van der Waals surface area contributed by atoms with Gasteiger partial charge in [0.05, 0.1) is 0 Å². The van der Waals surface area contributed by atoms with Gasteiger partial charge in [0.25, 0.3) is 0 Å². The molecule has 2 N–H and O–H groups in total. The van der Waals surface area contributed by atoms with Crippen molar-refractivity contribution in [2.24, 2.45) is 16.8 Å². The SMILES string of the molecule is CC(CC1CNCC1C1=NC2=CN(C3CCOCC3)CN2C(=O)N1)c1ncccn1. The molecule has 3 atom stereocenters. The lowest BCUT2D eigenvalue weighted by Crippen LogP contribution is -2.50. The molecule has 2 fully saturated rings. The average Bonchev–Trinajstić information content (AvgIpc) is 3.42. The second-order valence-electron chi connectivity index (χ2n) is 8.61. The number of nitrogens with zero attached hydrogens (tertiary/aromatic N) is 5. The van der Waals surface area contributed by atoms with Crippen molar-refractivity contribution in [3.05, 3.63) is 36.3 Å². The number of fused-ring (bicyclic) bond motifs is 1. The van der Waals surface area contributed by atoms with Gasteiger partial charge in [0.15, 0.2) is 5.82 Å². The standard InChI is InChI=1S/C21H29N7O2/c1-14(19-23-5-2-6-24-19)9-15-10-22-11-17(15)20-25-18-12-27(13-28(18)21(29)26-20)16-3-7-30-8-4-16/h2,5-6,12,14-17,22H,3-4,7-11,13H2,1H3,(H,25,26,29). The number of aliphatic imine (C=N–C) groups is 1. The van der Waals surface area contributed by atoms with Gasteiger partial charge in [0.1, 0.15) is 18.3 Å². The van der Waals surface area contributed by atoms with E-state index >= 15 is 0 Å². The van der Waals surface area contributed by atoms with E-state index in [2.05, 4.69) is 32.4 Å². The molecule has 9 nitrogen and oxygen atoms in total. The van der Waals surface area contributed by atoms with Crippen molar-refractivity contribution in [3.63, 3.8) is 0 Å². The fraction of sp³-hybridized carbons (Fsp3) is 0.619. The Labute approximate surface area is 176 Å². The van der Waals surface area contributed by atoms with Crippen molar-refractivity contribution in [2.75, 3.05) is 33.0 Å². The average molecular weight is 412 g/mol. The number of amides is 2. The lowest BCUT2D eigenvalue weighted by atomic mass is 9.86. The number of urea groups is 1. The number of aromatic nitrogens is 2. The number of amidine groups is 1. The van der Waals surface area contributed by atoms with Crippen LogP contribution in [0.5, 0.6) is 0 Å². The number of hydrogen-bond donors (Lipinski definition) is 2. The fourth-order valence-corrected chi connectivity index (χ4v) is 4.92. The van der Waals surface area contributed by atoms with E-state index in [-0.39, 0.29) is 17.9 Å². The summed E-state index contributed by atoms with van der Waals surface area (Å²) in [6, 6.07) is 2.18. The molecule has 0 spiro atoms. The second kappa shape index (κ2) is 8.31. The van der Waals surface area contributed by atoms with Gasteiger partial charge in [-0.05, 0) is 37.8 Å². The van der Waals surface area contributed by atoms with E-state index in [9.17, 15) is 4.79 Å². The minimum absolute atomic E-state index is 0.0779. The Morgan fingerprint density at radius 1 is 1.23 bits per heavy atom. The van der Waals surface area contributed by atoms with Crippen LogP contribution in [0.2, 0.25) is 0 Å². The van der Waals surface area contributed by atoms with Gasteiger partial charge in [-0.3, -0.25) is 10.2 Å². The highest BCUT2D eigenvalue weighted by atomic mass is 16.5. The molecule has 5 rings (SSSR count). The topological polar surface area (TPSA) is 95.0 Å². The van der Waals surface area contributed by atoms with Gasteiger partial charge < -0.3 is 15.0 Å². The van der Waals surface area contributed by atoms with Crippen LogP contribution in [-0.2, 0) is 4.74 Å². The van der Waals surface area contributed by atoms with Gasteiger partial charge in [-0.1, -0.05) is 6.92 Å². The monoisotopic (exact) mass is 411 g/mol. The van der Waals surface area contributed by atoms with Gasteiger partial charge in [-0.25, -0.2) is 19.8 Å².